The Morgan fingerprint density at radius 2 is 1.70 bits per heavy atom. The number of fused-ring (bicyclic) bond motifs is 1. The van der Waals surface area contributed by atoms with Crippen molar-refractivity contribution in [1.29, 1.82) is 0 Å². The Bertz CT molecular complexity index is 910. The Morgan fingerprint density at radius 1 is 1.00 bits per heavy atom. The molecule has 0 heterocycles. The fraction of sp³-hybridized carbons (Fsp3) is 0.261. The molecule has 4 heteroatoms. The van der Waals surface area contributed by atoms with Crippen LogP contribution in [-0.4, -0.2) is 25.2 Å². The summed E-state index contributed by atoms with van der Waals surface area (Å²) in [6, 6.07) is 20.0. The zero-order valence-electron chi connectivity index (χ0n) is 16.0. The normalized spacial score (nSPS) is 11.8. The van der Waals surface area contributed by atoms with Gasteiger partial charge in [-0.15, -0.1) is 0 Å². The van der Waals surface area contributed by atoms with Gasteiger partial charge in [0.25, 0.3) is 5.91 Å². The summed E-state index contributed by atoms with van der Waals surface area (Å²) in [5, 5.41) is 5.06. The van der Waals surface area contributed by atoms with Gasteiger partial charge in [-0.1, -0.05) is 42.5 Å². The van der Waals surface area contributed by atoms with Gasteiger partial charge in [0.05, 0.1) is 6.54 Å². The number of hydrogen-bond acceptors (Lipinski definition) is 3. The second-order valence-corrected chi connectivity index (χ2v) is 6.70. The van der Waals surface area contributed by atoms with E-state index in [9.17, 15) is 4.79 Å². The summed E-state index contributed by atoms with van der Waals surface area (Å²) in [6.45, 7) is 6.58. The van der Waals surface area contributed by atoms with Crippen LogP contribution in [0.4, 0.5) is 0 Å². The molecule has 0 aliphatic heterocycles. The van der Waals surface area contributed by atoms with E-state index >= 15 is 0 Å². The van der Waals surface area contributed by atoms with Crippen LogP contribution in [0.5, 0.6) is 11.5 Å². The van der Waals surface area contributed by atoms with E-state index in [1.54, 1.807) is 6.92 Å². The van der Waals surface area contributed by atoms with Gasteiger partial charge in [-0.2, -0.15) is 0 Å². The topological polar surface area (TPSA) is 47.6 Å². The van der Waals surface area contributed by atoms with Gasteiger partial charge < -0.3 is 14.8 Å². The van der Waals surface area contributed by atoms with E-state index in [0.29, 0.717) is 18.9 Å². The first-order valence-electron chi connectivity index (χ1n) is 9.16. The second-order valence-electron chi connectivity index (χ2n) is 6.70. The molecule has 1 N–H and O–H groups in total. The van der Waals surface area contributed by atoms with E-state index < -0.39 is 6.10 Å². The van der Waals surface area contributed by atoms with E-state index in [2.05, 4.69) is 23.5 Å². The van der Waals surface area contributed by atoms with Crippen LogP contribution in [0.2, 0.25) is 0 Å². The SMILES string of the molecule is Cc1cc(C)cc(OC(C)C(=O)NCCOc2cccc3ccccc23)c1. The van der Waals surface area contributed by atoms with Gasteiger partial charge >= 0.3 is 0 Å². The third kappa shape index (κ3) is 5.00. The van der Waals surface area contributed by atoms with Crippen LogP contribution in [-0.2, 0) is 4.79 Å². The van der Waals surface area contributed by atoms with E-state index in [1.807, 2.05) is 56.3 Å². The van der Waals surface area contributed by atoms with Gasteiger partial charge in [0, 0.05) is 5.39 Å². The molecule has 27 heavy (non-hydrogen) atoms. The van der Waals surface area contributed by atoms with Gasteiger partial charge in [-0.05, 0) is 55.5 Å². The lowest BCUT2D eigenvalue weighted by molar-refractivity contribution is -0.127. The average molecular weight is 363 g/mol. The van der Waals surface area contributed by atoms with Crippen LogP contribution in [0.3, 0.4) is 0 Å². The van der Waals surface area contributed by atoms with Gasteiger partial charge in [-0.3, -0.25) is 4.79 Å². The van der Waals surface area contributed by atoms with Crippen LogP contribution in [0.25, 0.3) is 10.8 Å². The van der Waals surface area contributed by atoms with Crippen molar-refractivity contribution in [3.8, 4) is 11.5 Å². The predicted molar refractivity (Wildman–Crippen MR) is 108 cm³/mol. The monoisotopic (exact) mass is 363 g/mol. The van der Waals surface area contributed by atoms with Crippen LogP contribution >= 0.6 is 0 Å². The quantitative estimate of drug-likeness (QED) is 0.632. The van der Waals surface area contributed by atoms with Crippen molar-refractivity contribution in [2.24, 2.45) is 0 Å². The zero-order chi connectivity index (χ0) is 19.2. The van der Waals surface area contributed by atoms with Crippen molar-refractivity contribution in [1.82, 2.24) is 5.32 Å². The zero-order valence-corrected chi connectivity index (χ0v) is 16.0. The molecule has 3 aromatic rings. The lowest BCUT2D eigenvalue weighted by Gasteiger charge is -2.16. The Hall–Kier alpha value is -3.01. The maximum atomic E-state index is 12.2. The van der Waals surface area contributed by atoms with Crippen molar-refractivity contribution in [3.05, 3.63) is 71.8 Å². The minimum Gasteiger partial charge on any atom is -0.491 e. The highest BCUT2D eigenvalue weighted by molar-refractivity contribution is 5.88. The average Bonchev–Trinajstić information content (AvgIpc) is 2.64. The van der Waals surface area contributed by atoms with Gasteiger partial charge in [0.1, 0.15) is 18.1 Å². The third-order valence-corrected chi connectivity index (χ3v) is 4.29. The molecule has 0 radical (unpaired) electrons. The molecule has 140 valence electrons. The predicted octanol–water partition coefficient (Wildman–Crippen LogP) is 4.42. The summed E-state index contributed by atoms with van der Waals surface area (Å²) < 4.78 is 11.6. The first-order valence-corrected chi connectivity index (χ1v) is 9.16. The Labute approximate surface area is 160 Å². The molecule has 0 saturated heterocycles. The van der Waals surface area contributed by atoms with Crippen molar-refractivity contribution in [2.45, 2.75) is 26.9 Å². The Balaban J connectivity index is 1.49. The molecule has 1 atom stereocenters. The first kappa shape index (κ1) is 18.8. The smallest absolute Gasteiger partial charge is 0.260 e. The fourth-order valence-electron chi connectivity index (χ4n) is 3.06. The number of benzene rings is 3. The van der Waals surface area contributed by atoms with Crippen LogP contribution in [0.1, 0.15) is 18.1 Å². The largest absolute Gasteiger partial charge is 0.491 e. The molecule has 0 fully saturated rings. The van der Waals surface area contributed by atoms with Gasteiger partial charge in [-0.25, -0.2) is 0 Å². The number of rotatable bonds is 7. The highest BCUT2D eigenvalue weighted by Crippen LogP contribution is 2.24. The summed E-state index contributed by atoms with van der Waals surface area (Å²) >= 11 is 0. The van der Waals surface area contributed by atoms with Crippen molar-refractivity contribution < 1.29 is 14.3 Å². The summed E-state index contributed by atoms with van der Waals surface area (Å²) in [6.07, 6.45) is -0.566. The highest BCUT2D eigenvalue weighted by Gasteiger charge is 2.14. The van der Waals surface area contributed by atoms with E-state index in [4.69, 9.17) is 9.47 Å². The molecule has 0 spiro atoms. The maximum Gasteiger partial charge on any atom is 0.260 e. The van der Waals surface area contributed by atoms with Crippen molar-refractivity contribution >= 4 is 16.7 Å². The summed E-state index contributed by atoms with van der Waals surface area (Å²) in [5.74, 6) is 1.37. The van der Waals surface area contributed by atoms with Crippen molar-refractivity contribution in [3.63, 3.8) is 0 Å². The summed E-state index contributed by atoms with van der Waals surface area (Å²) in [7, 11) is 0. The molecule has 3 aromatic carbocycles. The van der Waals surface area contributed by atoms with Crippen LogP contribution in [0.15, 0.2) is 60.7 Å². The number of hydrogen-bond donors (Lipinski definition) is 1. The van der Waals surface area contributed by atoms with Gasteiger partial charge in [0.15, 0.2) is 6.10 Å². The van der Waals surface area contributed by atoms with Crippen molar-refractivity contribution in [2.75, 3.05) is 13.2 Å². The molecule has 0 saturated carbocycles. The first-order chi connectivity index (χ1) is 13.0. The summed E-state index contributed by atoms with van der Waals surface area (Å²) in [5.41, 5.74) is 2.22. The molecule has 0 aliphatic carbocycles. The highest BCUT2D eigenvalue weighted by atomic mass is 16.5. The second kappa shape index (κ2) is 8.58. The standard InChI is InChI=1S/C23H25NO3/c1-16-13-17(2)15-20(14-16)27-18(3)23(25)24-11-12-26-22-10-6-8-19-7-4-5-9-21(19)22/h4-10,13-15,18H,11-12H2,1-3H3,(H,24,25). The third-order valence-electron chi connectivity index (χ3n) is 4.29. The molecule has 0 aliphatic rings. The number of amides is 1. The molecule has 3 rings (SSSR count). The van der Waals surface area contributed by atoms with E-state index in [1.165, 1.54) is 0 Å². The Kier molecular flexibility index (Phi) is 5.97. The number of nitrogens with one attached hydrogen (secondary N) is 1. The molecule has 4 nitrogen and oxygen atoms in total. The fourth-order valence-corrected chi connectivity index (χ4v) is 3.06. The summed E-state index contributed by atoms with van der Waals surface area (Å²) in [4.78, 5) is 12.2. The molecule has 1 unspecified atom stereocenters. The number of ether oxygens (including phenoxy) is 2. The molecule has 0 aromatic heterocycles. The minimum absolute atomic E-state index is 0.157. The lowest BCUT2D eigenvalue weighted by Crippen LogP contribution is -2.38. The maximum absolute atomic E-state index is 12.2. The van der Waals surface area contributed by atoms with Crippen LogP contribution in [0, 0.1) is 13.8 Å². The van der Waals surface area contributed by atoms with E-state index in [0.717, 1.165) is 27.6 Å². The molecule has 0 bridgehead atoms. The lowest BCUT2D eigenvalue weighted by atomic mass is 10.1. The minimum atomic E-state index is -0.566. The number of carbonyl (C=O) groups excluding carboxylic acids is 1. The Morgan fingerprint density at radius 3 is 2.48 bits per heavy atom. The van der Waals surface area contributed by atoms with E-state index in [-0.39, 0.29) is 5.91 Å². The molecule has 1 amide bonds. The van der Waals surface area contributed by atoms with Crippen LogP contribution < -0.4 is 14.8 Å². The number of carbonyl (C=O) groups is 1. The van der Waals surface area contributed by atoms with Gasteiger partial charge in [0.2, 0.25) is 0 Å². The number of aryl methyl sites for hydroxylation is 2. The molecular formula is C23H25NO3. The molecular weight excluding hydrogens is 338 g/mol.